The predicted molar refractivity (Wildman–Crippen MR) is 104 cm³/mol. The van der Waals surface area contributed by atoms with Crippen LogP contribution in [0.15, 0.2) is 42.5 Å². The summed E-state index contributed by atoms with van der Waals surface area (Å²) in [5.74, 6) is 2.34. The van der Waals surface area contributed by atoms with Crippen LogP contribution in [0.1, 0.15) is 43.9 Å². The van der Waals surface area contributed by atoms with E-state index in [9.17, 15) is 0 Å². The van der Waals surface area contributed by atoms with Crippen molar-refractivity contribution in [3.05, 3.63) is 59.2 Å². The normalized spacial score (nSPS) is 10.9. The molecule has 0 aliphatic heterocycles. The van der Waals surface area contributed by atoms with Crippen LogP contribution >= 0.6 is 0 Å². The van der Waals surface area contributed by atoms with Crippen molar-refractivity contribution in [3.8, 4) is 11.5 Å². The lowest BCUT2D eigenvalue weighted by molar-refractivity contribution is 0.269. The number of rotatable bonds is 10. The van der Waals surface area contributed by atoms with Crippen LogP contribution in [0.3, 0.4) is 0 Å². The SMILES string of the molecule is CCOc1cc(CNCCC(C)C)ccc1OCc1cccc(C)c1. The van der Waals surface area contributed by atoms with E-state index in [1.54, 1.807) is 0 Å². The maximum Gasteiger partial charge on any atom is 0.161 e. The van der Waals surface area contributed by atoms with Crippen LogP contribution in [0, 0.1) is 12.8 Å². The van der Waals surface area contributed by atoms with Crippen molar-refractivity contribution in [1.82, 2.24) is 5.32 Å². The van der Waals surface area contributed by atoms with Crippen molar-refractivity contribution >= 4 is 0 Å². The summed E-state index contributed by atoms with van der Waals surface area (Å²) in [6, 6.07) is 14.6. The summed E-state index contributed by atoms with van der Waals surface area (Å²) in [6.07, 6.45) is 1.19. The first kappa shape index (κ1) is 19.3. The Morgan fingerprint density at radius 3 is 2.52 bits per heavy atom. The zero-order valence-corrected chi connectivity index (χ0v) is 16.0. The Balaban J connectivity index is 1.97. The third kappa shape index (κ3) is 6.79. The van der Waals surface area contributed by atoms with Gasteiger partial charge in [0.05, 0.1) is 6.61 Å². The molecule has 0 aliphatic carbocycles. The van der Waals surface area contributed by atoms with Gasteiger partial charge >= 0.3 is 0 Å². The highest BCUT2D eigenvalue weighted by atomic mass is 16.5. The summed E-state index contributed by atoms with van der Waals surface area (Å²) in [5, 5.41) is 3.49. The summed E-state index contributed by atoms with van der Waals surface area (Å²) >= 11 is 0. The van der Waals surface area contributed by atoms with Crippen molar-refractivity contribution in [2.75, 3.05) is 13.2 Å². The van der Waals surface area contributed by atoms with Gasteiger partial charge in [0.15, 0.2) is 11.5 Å². The fourth-order valence-corrected chi connectivity index (χ4v) is 2.64. The van der Waals surface area contributed by atoms with Crippen LogP contribution in [0.5, 0.6) is 11.5 Å². The molecule has 0 saturated heterocycles. The first-order chi connectivity index (χ1) is 12.1. The molecule has 0 radical (unpaired) electrons. The van der Waals surface area contributed by atoms with E-state index < -0.39 is 0 Å². The molecule has 1 N–H and O–H groups in total. The Kier molecular flexibility index (Phi) is 7.80. The summed E-state index contributed by atoms with van der Waals surface area (Å²) < 4.78 is 11.8. The van der Waals surface area contributed by atoms with Crippen LogP contribution in [-0.4, -0.2) is 13.2 Å². The zero-order chi connectivity index (χ0) is 18.1. The quantitative estimate of drug-likeness (QED) is 0.609. The lowest BCUT2D eigenvalue weighted by atomic mass is 10.1. The minimum atomic E-state index is 0.549. The number of nitrogens with one attached hydrogen (secondary N) is 1. The molecule has 2 rings (SSSR count). The van der Waals surface area contributed by atoms with Gasteiger partial charge in [-0.3, -0.25) is 0 Å². The first-order valence-electron chi connectivity index (χ1n) is 9.23. The lowest BCUT2D eigenvalue weighted by Gasteiger charge is -2.14. The van der Waals surface area contributed by atoms with Gasteiger partial charge in [-0.1, -0.05) is 49.7 Å². The van der Waals surface area contributed by atoms with Gasteiger partial charge in [-0.05, 0) is 56.0 Å². The molecule has 136 valence electrons. The highest BCUT2D eigenvalue weighted by Crippen LogP contribution is 2.29. The van der Waals surface area contributed by atoms with Crippen LogP contribution in [-0.2, 0) is 13.2 Å². The first-order valence-corrected chi connectivity index (χ1v) is 9.23. The predicted octanol–water partition coefficient (Wildman–Crippen LogP) is 5.11. The van der Waals surface area contributed by atoms with Gasteiger partial charge in [0.1, 0.15) is 6.61 Å². The smallest absolute Gasteiger partial charge is 0.161 e. The molecule has 0 aliphatic rings. The molecule has 25 heavy (non-hydrogen) atoms. The van der Waals surface area contributed by atoms with Crippen molar-refractivity contribution in [2.24, 2.45) is 5.92 Å². The molecule has 3 heteroatoms. The van der Waals surface area contributed by atoms with E-state index in [1.807, 2.05) is 13.0 Å². The molecule has 0 spiro atoms. The molecule has 3 nitrogen and oxygen atoms in total. The topological polar surface area (TPSA) is 30.5 Å². The molecule has 0 unspecified atom stereocenters. The molecule has 0 fully saturated rings. The van der Waals surface area contributed by atoms with Gasteiger partial charge in [0, 0.05) is 6.54 Å². The fraction of sp³-hybridized carbons (Fsp3) is 0.455. The minimum Gasteiger partial charge on any atom is -0.490 e. The van der Waals surface area contributed by atoms with Crippen molar-refractivity contribution in [1.29, 1.82) is 0 Å². The summed E-state index contributed by atoms with van der Waals surface area (Å²) in [7, 11) is 0. The molecule has 0 atom stereocenters. The highest BCUT2D eigenvalue weighted by Gasteiger charge is 2.07. The molecule has 0 amide bonds. The van der Waals surface area contributed by atoms with Crippen molar-refractivity contribution in [3.63, 3.8) is 0 Å². The summed E-state index contributed by atoms with van der Waals surface area (Å²) in [5.41, 5.74) is 3.63. The lowest BCUT2D eigenvalue weighted by Crippen LogP contribution is -2.16. The van der Waals surface area contributed by atoms with Gasteiger partial charge in [0.25, 0.3) is 0 Å². The largest absolute Gasteiger partial charge is 0.490 e. The monoisotopic (exact) mass is 341 g/mol. The number of hydrogen-bond donors (Lipinski definition) is 1. The number of benzene rings is 2. The zero-order valence-electron chi connectivity index (χ0n) is 16.0. The molecule has 0 saturated carbocycles. The van der Waals surface area contributed by atoms with E-state index in [0.717, 1.165) is 30.5 Å². The second kappa shape index (κ2) is 10.1. The Labute approximate surface area is 152 Å². The van der Waals surface area contributed by atoms with Crippen LogP contribution in [0.25, 0.3) is 0 Å². The maximum absolute atomic E-state index is 6.00. The Hall–Kier alpha value is -2.00. The van der Waals surface area contributed by atoms with Crippen molar-refractivity contribution < 1.29 is 9.47 Å². The standard InChI is InChI=1S/C22H31NO2/c1-5-24-22-14-19(15-23-12-11-17(2)3)9-10-21(22)25-16-20-8-6-7-18(4)13-20/h6-10,13-14,17,23H,5,11-12,15-16H2,1-4H3. The van der Waals surface area contributed by atoms with Gasteiger partial charge in [-0.25, -0.2) is 0 Å². The molecule has 0 aromatic heterocycles. The number of ether oxygens (including phenoxy) is 2. The average molecular weight is 341 g/mol. The van der Waals surface area contributed by atoms with Gasteiger partial charge in [0.2, 0.25) is 0 Å². The molecule has 0 heterocycles. The summed E-state index contributed by atoms with van der Waals surface area (Å²) in [4.78, 5) is 0. The molecular weight excluding hydrogens is 310 g/mol. The van der Waals surface area contributed by atoms with E-state index in [2.05, 4.69) is 62.5 Å². The van der Waals surface area contributed by atoms with Gasteiger partial charge in [-0.15, -0.1) is 0 Å². The van der Waals surface area contributed by atoms with E-state index in [1.165, 1.54) is 23.1 Å². The molecular formula is C22H31NO2. The van der Waals surface area contributed by atoms with Crippen molar-refractivity contribution in [2.45, 2.75) is 47.3 Å². The van der Waals surface area contributed by atoms with Crippen LogP contribution in [0.4, 0.5) is 0 Å². The highest BCUT2D eigenvalue weighted by molar-refractivity contribution is 5.43. The van der Waals surface area contributed by atoms with Crippen LogP contribution < -0.4 is 14.8 Å². The molecule has 0 bridgehead atoms. The van der Waals surface area contributed by atoms with E-state index in [4.69, 9.17) is 9.47 Å². The van der Waals surface area contributed by atoms with E-state index in [-0.39, 0.29) is 0 Å². The van der Waals surface area contributed by atoms with Gasteiger partial charge in [-0.2, -0.15) is 0 Å². The second-order valence-electron chi connectivity index (χ2n) is 6.85. The maximum atomic E-state index is 6.00. The van der Waals surface area contributed by atoms with Gasteiger partial charge < -0.3 is 14.8 Å². The van der Waals surface area contributed by atoms with E-state index >= 15 is 0 Å². The summed E-state index contributed by atoms with van der Waals surface area (Å²) in [6.45, 7) is 11.6. The Bertz CT molecular complexity index is 652. The Morgan fingerprint density at radius 1 is 0.960 bits per heavy atom. The Morgan fingerprint density at radius 2 is 1.80 bits per heavy atom. The third-order valence-corrected chi connectivity index (χ3v) is 4.01. The number of aryl methyl sites for hydroxylation is 1. The van der Waals surface area contributed by atoms with E-state index in [0.29, 0.717) is 13.2 Å². The fourth-order valence-electron chi connectivity index (χ4n) is 2.64. The number of hydrogen-bond acceptors (Lipinski definition) is 3. The second-order valence-corrected chi connectivity index (χ2v) is 6.85. The minimum absolute atomic E-state index is 0.549. The van der Waals surface area contributed by atoms with Crippen LogP contribution in [0.2, 0.25) is 0 Å². The molecule has 2 aromatic carbocycles. The average Bonchev–Trinajstić information content (AvgIpc) is 2.58. The molecule has 2 aromatic rings. The third-order valence-electron chi connectivity index (χ3n) is 4.01.